The lowest BCUT2D eigenvalue weighted by molar-refractivity contribution is -0.142. The van der Waals surface area contributed by atoms with E-state index in [1.807, 2.05) is 0 Å². The molecule has 4 heteroatoms. The average molecular weight is 152 g/mol. The number of halogens is 1. The minimum atomic E-state index is -0.193. The summed E-state index contributed by atoms with van der Waals surface area (Å²) in [4.78, 5) is 12.7. The molecule has 0 unspecified atom stereocenters. The van der Waals surface area contributed by atoms with Crippen molar-refractivity contribution in [3.05, 3.63) is 0 Å². The van der Waals surface area contributed by atoms with Crippen LogP contribution in [-0.2, 0) is 9.53 Å². The monoisotopic (exact) mass is 151 g/mol. The van der Waals surface area contributed by atoms with E-state index in [2.05, 4.69) is 9.57 Å². The zero-order chi connectivity index (χ0) is 7.11. The Balaban J connectivity index is 2.97. The summed E-state index contributed by atoms with van der Waals surface area (Å²) in [6, 6.07) is 0. The molecule has 0 heterocycles. The SMILES string of the molecule is CCC(=O)OCCNCl. The highest BCUT2D eigenvalue weighted by atomic mass is 35.5. The molecule has 1 N–H and O–H groups in total. The lowest BCUT2D eigenvalue weighted by Crippen LogP contribution is -2.13. The molecule has 0 atom stereocenters. The quantitative estimate of drug-likeness (QED) is 0.365. The predicted octanol–water partition coefficient (Wildman–Crippen LogP) is 0.683. The van der Waals surface area contributed by atoms with Crippen LogP contribution in [0.25, 0.3) is 0 Å². The van der Waals surface area contributed by atoms with Gasteiger partial charge in [-0.25, -0.2) is 4.84 Å². The first kappa shape index (κ1) is 8.72. The lowest BCUT2D eigenvalue weighted by Gasteiger charge is -1.99. The van der Waals surface area contributed by atoms with Gasteiger partial charge in [0.2, 0.25) is 0 Å². The normalized spacial score (nSPS) is 9.11. The summed E-state index contributed by atoms with van der Waals surface area (Å²) >= 11 is 5.09. The van der Waals surface area contributed by atoms with E-state index in [1.165, 1.54) is 0 Å². The Morgan fingerprint density at radius 3 is 2.89 bits per heavy atom. The van der Waals surface area contributed by atoms with Gasteiger partial charge in [0.1, 0.15) is 6.61 Å². The standard InChI is InChI=1S/C5H10ClNO2/c1-2-5(8)9-4-3-7-6/h7H,2-4H2,1H3. The molecule has 0 bridgehead atoms. The van der Waals surface area contributed by atoms with E-state index in [-0.39, 0.29) is 5.97 Å². The lowest BCUT2D eigenvalue weighted by atomic mass is 10.5. The van der Waals surface area contributed by atoms with Gasteiger partial charge in [0.15, 0.2) is 0 Å². The fraction of sp³-hybridized carbons (Fsp3) is 0.800. The van der Waals surface area contributed by atoms with E-state index in [0.29, 0.717) is 19.6 Å². The highest BCUT2D eigenvalue weighted by molar-refractivity contribution is 6.13. The van der Waals surface area contributed by atoms with Gasteiger partial charge in [-0.3, -0.25) is 4.79 Å². The minimum Gasteiger partial charge on any atom is -0.464 e. The van der Waals surface area contributed by atoms with E-state index in [0.717, 1.165) is 0 Å². The summed E-state index contributed by atoms with van der Waals surface area (Å²) in [6.07, 6.45) is 0.419. The summed E-state index contributed by atoms with van der Waals surface area (Å²) in [6.45, 7) is 2.58. The highest BCUT2D eigenvalue weighted by Crippen LogP contribution is 1.82. The van der Waals surface area contributed by atoms with Crippen molar-refractivity contribution >= 4 is 17.7 Å². The molecule has 0 rings (SSSR count). The van der Waals surface area contributed by atoms with Crippen molar-refractivity contribution in [2.45, 2.75) is 13.3 Å². The van der Waals surface area contributed by atoms with Gasteiger partial charge >= 0.3 is 5.97 Å². The zero-order valence-corrected chi connectivity index (χ0v) is 6.07. The predicted molar refractivity (Wildman–Crippen MR) is 35.1 cm³/mol. The number of ether oxygens (including phenoxy) is 1. The molecule has 0 aliphatic heterocycles. The molecule has 0 fully saturated rings. The fourth-order valence-corrected chi connectivity index (χ4v) is 0.383. The van der Waals surface area contributed by atoms with E-state index < -0.39 is 0 Å². The Bertz CT molecular complexity index is 87.0. The highest BCUT2D eigenvalue weighted by Gasteiger charge is 1.94. The second-order valence-electron chi connectivity index (χ2n) is 1.46. The van der Waals surface area contributed by atoms with Crippen LogP contribution in [0.1, 0.15) is 13.3 Å². The Labute approximate surface area is 59.4 Å². The topological polar surface area (TPSA) is 38.3 Å². The maximum atomic E-state index is 10.4. The molecule has 3 nitrogen and oxygen atoms in total. The molecule has 0 aliphatic carbocycles. The van der Waals surface area contributed by atoms with E-state index in [4.69, 9.17) is 11.8 Å². The number of hydrogen-bond donors (Lipinski definition) is 1. The van der Waals surface area contributed by atoms with Crippen molar-refractivity contribution in [3.63, 3.8) is 0 Å². The first-order valence-corrected chi connectivity index (χ1v) is 3.18. The Morgan fingerprint density at radius 1 is 1.78 bits per heavy atom. The molecular weight excluding hydrogens is 142 g/mol. The number of carbonyl (C=O) groups is 1. The average Bonchev–Trinajstić information content (AvgIpc) is 1.89. The molecule has 0 aliphatic rings. The molecule has 0 aromatic rings. The Morgan fingerprint density at radius 2 is 2.44 bits per heavy atom. The van der Waals surface area contributed by atoms with Gasteiger partial charge < -0.3 is 4.74 Å². The van der Waals surface area contributed by atoms with Crippen molar-refractivity contribution in [2.24, 2.45) is 0 Å². The zero-order valence-electron chi connectivity index (χ0n) is 5.32. The van der Waals surface area contributed by atoms with Crippen molar-refractivity contribution in [3.8, 4) is 0 Å². The molecular formula is C5H10ClNO2. The second kappa shape index (κ2) is 5.85. The van der Waals surface area contributed by atoms with Crippen molar-refractivity contribution in [2.75, 3.05) is 13.2 Å². The maximum absolute atomic E-state index is 10.4. The van der Waals surface area contributed by atoms with E-state index in [1.54, 1.807) is 6.92 Å². The van der Waals surface area contributed by atoms with Crippen molar-refractivity contribution < 1.29 is 9.53 Å². The van der Waals surface area contributed by atoms with Crippen LogP contribution >= 0.6 is 11.8 Å². The van der Waals surface area contributed by atoms with Crippen molar-refractivity contribution in [1.29, 1.82) is 0 Å². The summed E-state index contributed by atoms with van der Waals surface area (Å²) in [7, 11) is 0. The summed E-state index contributed by atoms with van der Waals surface area (Å²) in [5, 5.41) is 0. The molecule has 0 spiro atoms. The Hall–Kier alpha value is -0.280. The molecule has 0 aromatic heterocycles. The number of rotatable bonds is 4. The van der Waals surface area contributed by atoms with Gasteiger partial charge in [0.05, 0.1) is 0 Å². The molecule has 0 radical (unpaired) electrons. The molecule has 0 aromatic carbocycles. The summed E-state index contributed by atoms with van der Waals surface area (Å²) in [5.74, 6) is -0.193. The number of carbonyl (C=O) groups excluding carboxylic acids is 1. The molecule has 9 heavy (non-hydrogen) atoms. The van der Waals surface area contributed by atoms with Gasteiger partial charge in [0, 0.05) is 13.0 Å². The van der Waals surface area contributed by atoms with Gasteiger partial charge in [-0.15, -0.1) is 0 Å². The minimum absolute atomic E-state index is 0.193. The van der Waals surface area contributed by atoms with Crippen molar-refractivity contribution in [1.82, 2.24) is 4.84 Å². The molecule has 0 saturated heterocycles. The number of nitrogens with one attached hydrogen (secondary N) is 1. The van der Waals surface area contributed by atoms with Gasteiger partial charge in [-0.05, 0) is 11.8 Å². The van der Waals surface area contributed by atoms with Crippen LogP contribution in [0.2, 0.25) is 0 Å². The largest absolute Gasteiger partial charge is 0.464 e. The van der Waals surface area contributed by atoms with Crippen LogP contribution < -0.4 is 4.84 Å². The van der Waals surface area contributed by atoms with Gasteiger partial charge in [-0.1, -0.05) is 6.92 Å². The molecule has 54 valence electrons. The van der Waals surface area contributed by atoms with Crippen LogP contribution in [0, 0.1) is 0 Å². The van der Waals surface area contributed by atoms with Crippen LogP contribution in [-0.4, -0.2) is 19.1 Å². The van der Waals surface area contributed by atoms with Gasteiger partial charge in [0.25, 0.3) is 0 Å². The summed E-state index contributed by atoms with van der Waals surface area (Å²) in [5.41, 5.74) is 0. The third-order valence-corrected chi connectivity index (χ3v) is 0.937. The number of hydrogen-bond acceptors (Lipinski definition) is 3. The van der Waals surface area contributed by atoms with E-state index in [9.17, 15) is 4.79 Å². The first-order valence-electron chi connectivity index (χ1n) is 2.80. The van der Waals surface area contributed by atoms with Crippen LogP contribution in [0.5, 0.6) is 0 Å². The molecule has 0 saturated carbocycles. The van der Waals surface area contributed by atoms with E-state index >= 15 is 0 Å². The maximum Gasteiger partial charge on any atom is 0.305 e. The second-order valence-corrected chi connectivity index (χ2v) is 1.72. The molecule has 0 amide bonds. The third kappa shape index (κ3) is 5.59. The fourth-order valence-electron chi connectivity index (χ4n) is 0.306. The summed E-state index contributed by atoms with van der Waals surface area (Å²) < 4.78 is 4.65. The van der Waals surface area contributed by atoms with Crippen LogP contribution in [0.15, 0.2) is 0 Å². The van der Waals surface area contributed by atoms with Crippen LogP contribution in [0.3, 0.4) is 0 Å². The number of esters is 1. The van der Waals surface area contributed by atoms with Crippen LogP contribution in [0.4, 0.5) is 0 Å². The Kier molecular flexibility index (Phi) is 5.67. The first-order chi connectivity index (χ1) is 4.31. The smallest absolute Gasteiger partial charge is 0.305 e. The third-order valence-electron chi connectivity index (χ3n) is 0.748. The van der Waals surface area contributed by atoms with Gasteiger partial charge in [-0.2, -0.15) is 0 Å².